The lowest BCUT2D eigenvalue weighted by atomic mass is 9.59. The Hall–Kier alpha value is -1.18. The van der Waals surface area contributed by atoms with Crippen molar-refractivity contribution in [1.82, 2.24) is 0 Å². The molecule has 1 aromatic rings. The molecule has 0 aliphatic rings. The third-order valence-electron chi connectivity index (χ3n) is 5.35. The van der Waals surface area contributed by atoms with E-state index in [0.29, 0.717) is 36.0 Å². The minimum atomic E-state index is 0.0767. The molecule has 0 bridgehead atoms. The monoisotopic (exact) mass is 334 g/mol. The van der Waals surface area contributed by atoms with Gasteiger partial charge in [-0.15, -0.1) is 0 Å². The van der Waals surface area contributed by atoms with Gasteiger partial charge in [0.2, 0.25) is 0 Å². The van der Waals surface area contributed by atoms with Gasteiger partial charge in [0.1, 0.15) is 0 Å². The van der Waals surface area contributed by atoms with Crippen LogP contribution in [0.3, 0.4) is 0 Å². The highest BCUT2D eigenvalue weighted by molar-refractivity contribution is 5.54. The molecule has 2 nitrogen and oxygen atoms in total. The molecule has 0 saturated carbocycles. The van der Waals surface area contributed by atoms with Gasteiger partial charge < -0.3 is 9.84 Å². The van der Waals surface area contributed by atoms with E-state index in [-0.39, 0.29) is 11.2 Å². The Bertz CT molecular complexity index is 519. The normalized spacial score (nSPS) is 12.7. The van der Waals surface area contributed by atoms with E-state index in [2.05, 4.69) is 61.5 Å². The number of hydrogen-bond donors (Lipinski definition) is 1. The number of aromatic hydroxyl groups is 1. The third kappa shape index (κ3) is 3.90. The van der Waals surface area contributed by atoms with Crippen molar-refractivity contribution in [2.45, 2.75) is 80.1 Å². The molecule has 138 valence electrons. The first-order valence-electron chi connectivity index (χ1n) is 9.58. The van der Waals surface area contributed by atoms with Crippen molar-refractivity contribution in [3.63, 3.8) is 0 Å². The van der Waals surface area contributed by atoms with Crippen molar-refractivity contribution in [3.8, 4) is 11.5 Å². The zero-order chi connectivity index (χ0) is 18.7. The molecule has 0 amide bonds. The predicted molar refractivity (Wildman–Crippen MR) is 104 cm³/mol. The summed E-state index contributed by atoms with van der Waals surface area (Å²) in [5, 5.41) is 10.4. The van der Waals surface area contributed by atoms with Crippen molar-refractivity contribution in [3.05, 3.63) is 23.3 Å². The van der Waals surface area contributed by atoms with E-state index in [9.17, 15) is 5.11 Å². The third-order valence-corrected chi connectivity index (χ3v) is 5.35. The summed E-state index contributed by atoms with van der Waals surface area (Å²) in [7, 11) is 0. The molecule has 0 heterocycles. The summed E-state index contributed by atoms with van der Waals surface area (Å²) in [6.45, 7) is 20.9. The summed E-state index contributed by atoms with van der Waals surface area (Å²) in [6.07, 6.45) is 1.14. The summed E-state index contributed by atoms with van der Waals surface area (Å²) >= 11 is 0. The maximum Gasteiger partial charge on any atom is 0.164 e. The highest BCUT2D eigenvalue weighted by Crippen LogP contribution is 2.50. The van der Waals surface area contributed by atoms with Crippen molar-refractivity contribution < 1.29 is 9.84 Å². The van der Waals surface area contributed by atoms with Crippen LogP contribution in [0.15, 0.2) is 12.1 Å². The predicted octanol–water partition coefficient (Wildman–Crippen LogP) is 6.51. The molecule has 1 aromatic carbocycles. The van der Waals surface area contributed by atoms with Gasteiger partial charge in [0, 0.05) is 11.0 Å². The van der Waals surface area contributed by atoms with E-state index >= 15 is 0 Å². The van der Waals surface area contributed by atoms with Crippen LogP contribution in [0, 0.1) is 17.8 Å². The van der Waals surface area contributed by atoms with Gasteiger partial charge in [-0.25, -0.2) is 0 Å². The molecule has 0 atom stereocenters. The Morgan fingerprint density at radius 1 is 0.958 bits per heavy atom. The van der Waals surface area contributed by atoms with Crippen molar-refractivity contribution in [2.75, 3.05) is 6.61 Å². The summed E-state index contributed by atoms with van der Waals surface area (Å²) < 4.78 is 5.88. The highest BCUT2D eigenvalue weighted by Gasteiger charge is 2.42. The zero-order valence-electron chi connectivity index (χ0n) is 17.2. The van der Waals surface area contributed by atoms with E-state index in [1.165, 1.54) is 11.1 Å². The van der Waals surface area contributed by atoms with Gasteiger partial charge in [-0.3, -0.25) is 0 Å². The minimum Gasteiger partial charge on any atom is -0.504 e. The van der Waals surface area contributed by atoms with Crippen LogP contribution in [-0.4, -0.2) is 11.7 Å². The van der Waals surface area contributed by atoms with Crippen molar-refractivity contribution in [1.29, 1.82) is 0 Å². The fourth-order valence-electron chi connectivity index (χ4n) is 4.41. The zero-order valence-corrected chi connectivity index (χ0v) is 17.2. The van der Waals surface area contributed by atoms with Crippen LogP contribution < -0.4 is 4.74 Å². The van der Waals surface area contributed by atoms with Crippen LogP contribution >= 0.6 is 0 Å². The largest absolute Gasteiger partial charge is 0.504 e. The fraction of sp³-hybridized carbons (Fsp3) is 0.727. The molecule has 0 saturated heterocycles. The average molecular weight is 335 g/mol. The lowest BCUT2D eigenvalue weighted by Gasteiger charge is -2.45. The van der Waals surface area contributed by atoms with Crippen LogP contribution in [0.25, 0.3) is 0 Å². The molecule has 0 aliphatic carbocycles. The fourth-order valence-corrected chi connectivity index (χ4v) is 4.41. The molecule has 0 spiro atoms. The SMILES string of the molecule is CCOc1c(O)ccc(C(CC(C)C)(C(C)C)C(C)C)c1C(C)C. The summed E-state index contributed by atoms with van der Waals surface area (Å²) in [4.78, 5) is 0. The van der Waals surface area contributed by atoms with E-state index in [1.807, 2.05) is 13.0 Å². The quantitative estimate of drug-likeness (QED) is 0.587. The molecule has 24 heavy (non-hydrogen) atoms. The molecule has 1 N–H and O–H groups in total. The van der Waals surface area contributed by atoms with Crippen molar-refractivity contribution >= 4 is 0 Å². The van der Waals surface area contributed by atoms with Crippen LogP contribution in [0.4, 0.5) is 0 Å². The van der Waals surface area contributed by atoms with E-state index < -0.39 is 0 Å². The maximum atomic E-state index is 10.4. The van der Waals surface area contributed by atoms with Gasteiger partial charge in [0.25, 0.3) is 0 Å². The summed E-state index contributed by atoms with van der Waals surface area (Å²) in [5.41, 5.74) is 2.62. The molecule has 0 unspecified atom stereocenters. The van der Waals surface area contributed by atoms with Gasteiger partial charge in [-0.05, 0) is 48.6 Å². The highest BCUT2D eigenvalue weighted by atomic mass is 16.5. The smallest absolute Gasteiger partial charge is 0.164 e. The second kappa shape index (κ2) is 8.27. The van der Waals surface area contributed by atoms with Crippen LogP contribution in [0.5, 0.6) is 11.5 Å². The molecular weight excluding hydrogens is 296 g/mol. The van der Waals surface area contributed by atoms with E-state index in [4.69, 9.17) is 4.74 Å². The molecule has 1 rings (SSSR count). The van der Waals surface area contributed by atoms with Crippen LogP contribution in [-0.2, 0) is 5.41 Å². The van der Waals surface area contributed by atoms with Gasteiger partial charge >= 0.3 is 0 Å². The topological polar surface area (TPSA) is 29.5 Å². The Labute approximate surface area is 149 Å². The summed E-state index contributed by atoms with van der Waals surface area (Å²) in [5.74, 6) is 2.87. The van der Waals surface area contributed by atoms with E-state index in [1.54, 1.807) is 0 Å². The number of ether oxygens (including phenoxy) is 1. The second-order valence-corrected chi connectivity index (χ2v) is 8.41. The number of rotatable bonds is 8. The molecule has 2 heteroatoms. The first-order chi connectivity index (χ1) is 11.1. The Kier molecular flexibility index (Phi) is 7.19. The molecule has 0 fully saturated rings. The van der Waals surface area contributed by atoms with Crippen LogP contribution in [0.2, 0.25) is 0 Å². The maximum absolute atomic E-state index is 10.4. The molecular formula is C22H38O2. The lowest BCUT2D eigenvalue weighted by Crippen LogP contribution is -2.40. The first kappa shape index (κ1) is 20.9. The van der Waals surface area contributed by atoms with Gasteiger partial charge in [0.15, 0.2) is 11.5 Å². The number of hydrogen-bond acceptors (Lipinski definition) is 2. The summed E-state index contributed by atoms with van der Waals surface area (Å²) in [6, 6.07) is 3.97. The Morgan fingerprint density at radius 3 is 1.88 bits per heavy atom. The minimum absolute atomic E-state index is 0.0767. The number of phenols is 1. The number of phenolic OH excluding ortho intramolecular Hbond substituents is 1. The lowest BCUT2D eigenvalue weighted by molar-refractivity contribution is 0.175. The van der Waals surface area contributed by atoms with Gasteiger partial charge in [0.05, 0.1) is 6.61 Å². The van der Waals surface area contributed by atoms with E-state index in [0.717, 1.165) is 6.42 Å². The molecule has 0 aliphatic heterocycles. The first-order valence-corrected chi connectivity index (χ1v) is 9.58. The Morgan fingerprint density at radius 2 is 1.50 bits per heavy atom. The standard InChI is InChI=1S/C22H38O2/c1-10-24-21-19(23)12-11-18(20(21)15(4)5)22(16(6)7,17(8)9)13-14(2)3/h11-12,14-17,23H,10,13H2,1-9H3. The van der Waals surface area contributed by atoms with Gasteiger partial charge in [-0.1, -0.05) is 61.5 Å². The molecule has 0 radical (unpaired) electrons. The second-order valence-electron chi connectivity index (χ2n) is 8.41. The average Bonchev–Trinajstić information content (AvgIpc) is 2.45. The Balaban J connectivity index is 3.78. The molecule has 0 aromatic heterocycles. The van der Waals surface area contributed by atoms with Gasteiger partial charge in [-0.2, -0.15) is 0 Å². The van der Waals surface area contributed by atoms with Crippen LogP contribution in [0.1, 0.15) is 85.8 Å². The van der Waals surface area contributed by atoms with Crippen molar-refractivity contribution in [2.24, 2.45) is 17.8 Å². The number of benzene rings is 1.